The van der Waals surface area contributed by atoms with E-state index in [4.69, 9.17) is 16.2 Å². The van der Waals surface area contributed by atoms with Gasteiger partial charge < -0.3 is 21.1 Å². The second kappa shape index (κ2) is 6.20. The largest absolute Gasteiger partial charge is 0.488 e. The van der Waals surface area contributed by atoms with Crippen molar-refractivity contribution in [2.45, 2.75) is 32.8 Å². The second-order valence-electron chi connectivity index (χ2n) is 5.70. The van der Waals surface area contributed by atoms with E-state index in [1.165, 1.54) is 6.07 Å². The van der Waals surface area contributed by atoms with Crippen LogP contribution in [0.3, 0.4) is 0 Å². The number of anilines is 2. The maximum Gasteiger partial charge on any atom is 0.222 e. The molecule has 1 fully saturated rings. The summed E-state index contributed by atoms with van der Waals surface area (Å²) in [6, 6.07) is 2.87. The minimum Gasteiger partial charge on any atom is -0.488 e. The van der Waals surface area contributed by atoms with Gasteiger partial charge in [0.05, 0.1) is 23.4 Å². The first-order valence-electron chi connectivity index (χ1n) is 7.18. The average molecular weight is 295 g/mol. The summed E-state index contributed by atoms with van der Waals surface area (Å²) in [5.41, 5.74) is 12.3. The minimum absolute atomic E-state index is 0.129. The molecule has 0 radical (unpaired) electrons. The lowest BCUT2D eigenvalue weighted by Crippen LogP contribution is -2.41. The van der Waals surface area contributed by atoms with Gasteiger partial charge in [0, 0.05) is 25.2 Å². The van der Waals surface area contributed by atoms with Crippen molar-refractivity contribution < 1.29 is 13.9 Å². The van der Waals surface area contributed by atoms with Crippen molar-refractivity contribution in [2.75, 3.05) is 23.7 Å². The Morgan fingerprint density at radius 2 is 2.19 bits per heavy atom. The number of ether oxygens (including phenoxy) is 1. The molecule has 0 saturated carbocycles. The molecule has 1 amide bonds. The standard InChI is InChI=1S/C15H22FN3O2/c1-9(2)21-14-7-13(12(17)6-11(14)16)19-5-3-4-10(8-19)15(18)20/h6-7,9-10H,3-5,8,17H2,1-2H3,(H2,18,20). The summed E-state index contributed by atoms with van der Waals surface area (Å²) in [6.45, 7) is 4.94. The van der Waals surface area contributed by atoms with Gasteiger partial charge in [-0.15, -0.1) is 0 Å². The third-order valence-electron chi connectivity index (χ3n) is 3.61. The van der Waals surface area contributed by atoms with Gasteiger partial charge in [-0.25, -0.2) is 4.39 Å². The Hall–Kier alpha value is -1.98. The summed E-state index contributed by atoms with van der Waals surface area (Å²) in [4.78, 5) is 13.3. The van der Waals surface area contributed by atoms with Crippen molar-refractivity contribution in [1.82, 2.24) is 0 Å². The zero-order valence-electron chi connectivity index (χ0n) is 12.4. The van der Waals surface area contributed by atoms with Crippen LogP contribution < -0.4 is 21.1 Å². The van der Waals surface area contributed by atoms with E-state index in [1.54, 1.807) is 6.07 Å². The van der Waals surface area contributed by atoms with Gasteiger partial charge in [-0.1, -0.05) is 0 Å². The fraction of sp³-hybridized carbons (Fsp3) is 0.533. The quantitative estimate of drug-likeness (QED) is 0.831. The van der Waals surface area contributed by atoms with Crippen LogP contribution in [-0.4, -0.2) is 25.1 Å². The summed E-state index contributed by atoms with van der Waals surface area (Å²) in [5, 5.41) is 0. The first-order chi connectivity index (χ1) is 9.88. The maximum atomic E-state index is 13.9. The van der Waals surface area contributed by atoms with E-state index in [0.29, 0.717) is 17.9 Å². The van der Waals surface area contributed by atoms with Crippen LogP contribution in [0, 0.1) is 11.7 Å². The Morgan fingerprint density at radius 3 is 2.81 bits per heavy atom. The SMILES string of the molecule is CC(C)Oc1cc(N2CCCC(C(N)=O)C2)c(N)cc1F. The Labute approximate surface area is 124 Å². The molecule has 1 heterocycles. The molecule has 5 nitrogen and oxygen atoms in total. The van der Waals surface area contributed by atoms with Gasteiger partial charge in [0.2, 0.25) is 5.91 Å². The highest BCUT2D eigenvalue weighted by Gasteiger charge is 2.26. The number of nitrogens with two attached hydrogens (primary N) is 2. The highest BCUT2D eigenvalue weighted by atomic mass is 19.1. The highest BCUT2D eigenvalue weighted by Crippen LogP contribution is 2.34. The lowest BCUT2D eigenvalue weighted by molar-refractivity contribution is -0.122. The van der Waals surface area contributed by atoms with Crippen LogP contribution in [0.15, 0.2) is 12.1 Å². The zero-order chi connectivity index (χ0) is 15.6. The van der Waals surface area contributed by atoms with E-state index in [9.17, 15) is 9.18 Å². The van der Waals surface area contributed by atoms with Gasteiger partial charge in [0.1, 0.15) is 0 Å². The summed E-state index contributed by atoms with van der Waals surface area (Å²) in [5.74, 6) is -0.805. The van der Waals surface area contributed by atoms with Gasteiger partial charge in [-0.2, -0.15) is 0 Å². The molecular weight excluding hydrogens is 273 g/mol. The molecular formula is C15H22FN3O2. The van der Waals surface area contributed by atoms with Crippen molar-refractivity contribution in [3.05, 3.63) is 17.9 Å². The Kier molecular flexibility index (Phi) is 4.55. The van der Waals surface area contributed by atoms with Crippen molar-refractivity contribution in [3.8, 4) is 5.75 Å². The predicted molar refractivity (Wildman–Crippen MR) is 80.7 cm³/mol. The number of hydrogen-bond acceptors (Lipinski definition) is 4. The molecule has 116 valence electrons. The van der Waals surface area contributed by atoms with Gasteiger partial charge in [-0.3, -0.25) is 4.79 Å². The number of hydrogen-bond donors (Lipinski definition) is 2. The van der Waals surface area contributed by atoms with Crippen LogP contribution >= 0.6 is 0 Å². The van der Waals surface area contributed by atoms with E-state index >= 15 is 0 Å². The summed E-state index contributed by atoms with van der Waals surface area (Å²) >= 11 is 0. The molecule has 1 saturated heterocycles. The van der Waals surface area contributed by atoms with Crippen LogP contribution in [0.2, 0.25) is 0 Å². The summed E-state index contributed by atoms with van der Waals surface area (Å²) in [6.07, 6.45) is 1.50. The molecule has 0 aliphatic carbocycles. The molecule has 0 aromatic heterocycles. The summed E-state index contributed by atoms with van der Waals surface area (Å²) in [7, 11) is 0. The zero-order valence-corrected chi connectivity index (χ0v) is 12.4. The molecule has 0 bridgehead atoms. The fourth-order valence-corrected chi connectivity index (χ4v) is 2.60. The number of primary amides is 1. The number of nitrogen functional groups attached to an aromatic ring is 1. The van der Waals surface area contributed by atoms with E-state index in [0.717, 1.165) is 19.4 Å². The maximum absolute atomic E-state index is 13.9. The number of carbonyl (C=O) groups is 1. The van der Waals surface area contributed by atoms with Crippen LogP contribution in [0.25, 0.3) is 0 Å². The molecule has 21 heavy (non-hydrogen) atoms. The molecule has 6 heteroatoms. The van der Waals surface area contributed by atoms with E-state index < -0.39 is 5.82 Å². The average Bonchev–Trinajstić information content (AvgIpc) is 2.41. The third kappa shape index (κ3) is 3.56. The molecule has 1 atom stereocenters. The lowest BCUT2D eigenvalue weighted by Gasteiger charge is -2.34. The van der Waals surface area contributed by atoms with Crippen LogP contribution in [0.1, 0.15) is 26.7 Å². The Balaban J connectivity index is 2.27. The number of piperidine rings is 1. The predicted octanol–water partition coefficient (Wildman–Crippen LogP) is 1.90. The van der Waals surface area contributed by atoms with Crippen molar-refractivity contribution in [1.29, 1.82) is 0 Å². The molecule has 1 aromatic rings. The van der Waals surface area contributed by atoms with Crippen LogP contribution in [0.5, 0.6) is 5.75 Å². The van der Waals surface area contributed by atoms with E-state index in [1.807, 2.05) is 18.7 Å². The van der Waals surface area contributed by atoms with Gasteiger partial charge in [0.15, 0.2) is 11.6 Å². The third-order valence-corrected chi connectivity index (χ3v) is 3.61. The van der Waals surface area contributed by atoms with E-state index in [2.05, 4.69) is 0 Å². The molecule has 0 spiro atoms. The Bertz CT molecular complexity index is 534. The number of nitrogens with zero attached hydrogens (tertiary/aromatic N) is 1. The molecule has 1 unspecified atom stereocenters. The fourth-order valence-electron chi connectivity index (χ4n) is 2.60. The summed E-state index contributed by atoms with van der Waals surface area (Å²) < 4.78 is 19.3. The van der Waals surface area contributed by atoms with Gasteiger partial charge in [-0.05, 0) is 26.7 Å². The van der Waals surface area contributed by atoms with Crippen molar-refractivity contribution in [3.63, 3.8) is 0 Å². The molecule has 1 aliphatic rings. The van der Waals surface area contributed by atoms with Crippen LogP contribution in [0.4, 0.5) is 15.8 Å². The number of halogens is 1. The molecule has 1 aromatic carbocycles. The molecule has 2 rings (SSSR count). The number of rotatable bonds is 4. The smallest absolute Gasteiger partial charge is 0.222 e. The van der Waals surface area contributed by atoms with Gasteiger partial charge in [0.25, 0.3) is 0 Å². The van der Waals surface area contributed by atoms with Crippen molar-refractivity contribution >= 4 is 17.3 Å². The highest BCUT2D eigenvalue weighted by molar-refractivity contribution is 5.78. The van der Waals surface area contributed by atoms with E-state index in [-0.39, 0.29) is 23.7 Å². The topological polar surface area (TPSA) is 81.6 Å². The Morgan fingerprint density at radius 1 is 1.48 bits per heavy atom. The second-order valence-corrected chi connectivity index (χ2v) is 5.70. The molecule has 1 aliphatic heterocycles. The van der Waals surface area contributed by atoms with Crippen LogP contribution in [-0.2, 0) is 4.79 Å². The number of amides is 1. The first kappa shape index (κ1) is 15.4. The normalized spacial score (nSPS) is 18.9. The minimum atomic E-state index is -0.478. The number of carbonyl (C=O) groups excluding carboxylic acids is 1. The first-order valence-corrected chi connectivity index (χ1v) is 7.18. The molecule has 4 N–H and O–H groups in total. The lowest BCUT2D eigenvalue weighted by atomic mass is 9.97. The van der Waals surface area contributed by atoms with Crippen molar-refractivity contribution in [2.24, 2.45) is 11.7 Å². The number of benzene rings is 1. The van der Waals surface area contributed by atoms with Gasteiger partial charge >= 0.3 is 0 Å². The monoisotopic (exact) mass is 295 g/mol.